The topological polar surface area (TPSA) is 35.5 Å². The third-order valence-corrected chi connectivity index (χ3v) is 2.49. The molecule has 0 atom stereocenters. The second kappa shape index (κ2) is 5.16. The summed E-state index contributed by atoms with van der Waals surface area (Å²) in [6.45, 7) is 2.53. The van der Waals surface area contributed by atoms with E-state index in [0.717, 1.165) is 9.13 Å². The highest BCUT2D eigenvalue weighted by Gasteiger charge is 2.12. The summed E-state index contributed by atoms with van der Waals surface area (Å²) in [7, 11) is 1.51. The van der Waals surface area contributed by atoms with Gasteiger partial charge in [-0.3, -0.25) is 4.79 Å². The number of carbonyl (C=O) groups is 1. The Labute approximate surface area is 104 Å². The summed E-state index contributed by atoms with van der Waals surface area (Å²) in [6, 6.07) is 3.53. The lowest BCUT2D eigenvalue weighted by molar-refractivity contribution is -0.132. The molecular weight excluding hydrogens is 307 g/mol. The molecule has 0 amide bonds. The smallest absolute Gasteiger partial charge is 0.308 e. The van der Waals surface area contributed by atoms with Crippen LogP contribution < -0.4 is 9.47 Å². The molecule has 3 nitrogen and oxygen atoms in total. The average molecular weight is 319 g/mol. The second-order valence-electron chi connectivity index (χ2n) is 2.79. The predicted octanol–water partition coefficient (Wildman–Crippen LogP) is 2.87. The van der Waals surface area contributed by atoms with Crippen molar-refractivity contribution in [1.29, 1.82) is 0 Å². The van der Waals surface area contributed by atoms with Crippen LogP contribution in [0, 0.1) is 3.57 Å². The zero-order valence-electron chi connectivity index (χ0n) is 9.41. The van der Waals surface area contributed by atoms with Crippen molar-refractivity contribution in [2.45, 2.75) is 6.92 Å². The van der Waals surface area contributed by atoms with Crippen molar-refractivity contribution in [2.75, 3.05) is 7.11 Å². The molecule has 0 aliphatic heterocycles. The van der Waals surface area contributed by atoms with Crippen molar-refractivity contribution in [3.8, 4) is 11.5 Å². The van der Waals surface area contributed by atoms with Crippen LogP contribution in [0.5, 0.6) is 11.5 Å². The lowest BCUT2D eigenvalue weighted by atomic mass is 10.2. The minimum absolute atomic E-state index is 0.389. The van der Waals surface area contributed by atoms with Crippen molar-refractivity contribution in [3.05, 3.63) is 27.8 Å². The van der Waals surface area contributed by atoms with Gasteiger partial charge in [0.05, 0.1) is 12.1 Å². The van der Waals surface area contributed by atoms with E-state index in [4.69, 9.17) is 10.8 Å². The van der Waals surface area contributed by atoms with Gasteiger partial charge in [-0.05, 0) is 40.3 Å². The molecule has 0 fully saturated rings. The molecule has 0 aliphatic rings. The van der Waals surface area contributed by atoms with Gasteiger partial charge in [-0.15, -0.1) is 0 Å². The van der Waals surface area contributed by atoms with Crippen LogP contribution in [0.4, 0.5) is 0 Å². The Morgan fingerprint density at radius 3 is 2.93 bits per heavy atom. The summed E-state index contributed by atoms with van der Waals surface area (Å²) in [6.07, 6.45) is 1.63. The van der Waals surface area contributed by atoms with Crippen LogP contribution >= 0.6 is 22.6 Å². The second-order valence-corrected chi connectivity index (χ2v) is 3.96. The van der Waals surface area contributed by atoms with Crippen LogP contribution in [0.1, 0.15) is 13.9 Å². The number of esters is 1. The molecule has 0 saturated carbocycles. The first-order valence-electron chi connectivity index (χ1n) is 4.77. The van der Waals surface area contributed by atoms with Crippen molar-refractivity contribution in [1.82, 2.24) is 0 Å². The third-order valence-electron chi connectivity index (χ3n) is 1.69. The van der Waals surface area contributed by atoms with Gasteiger partial charge in [-0.2, -0.15) is 0 Å². The standard InChI is InChI=1S/C11H11IO3/c1-4-8-5-9(12)11(15-7(2)13)10(6-8)14-3/h4-6H,1H2,2-3H3/i1D/b4-1+. The van der Waals surface area contributed by atoms with Gasteiger partial charge in [0.15, 0.2) is 11.5 Å². The van der Waals surface area contributed by atoms with Crippen LogP contribution in [0.15, 0.2) is 18.7 Å². The maximum Gasteiger partial charge on any atom is 0.308 e. The van der Waals surface area contributed by atoms with Crippen LogP contribution in [0.2, 0.25) is 0 Å². The molecule has 0 bridgehead atoms. The van der Waals surface area contributed by atoms with Crippen molar-refractivity contribution in [3.63, 3.8) is 0 Å². The van der Waals surface area contributed by atoms with Crippen molar-refractivity contribution >= 4 is 34.6 Å². The van der Waals surface area contributed by atoms with Crippen molar-refractivity contribution < 1.29 is 15.6 Å². The van der Waals surface area contributed by atoms with E-state index < -0.39 is 0 Å². The summed E-state index contributed by atoms with van der Waals surface area (Å²) >= 11 is 2.06. The summed E-state index contributed by atoms with van der Waals surface area (Å²) in [5.41, 5.74) is 0.826. The Morgan fingerprint density at radius 2 is 2.40 bits per heavy atom. The number of halogens is 1. The average Bonchev–Trinajstić information content (AvgIpc) is 2.21. The largest absolute Gasteiger partial charge is 0.493 e. The van der Waals surface area contributed by atoms with Gasteiger partial charge in [0.1, 0.15) is 0 Å². The molecule has 0 spiro atoms. The van der Waals surface area contributed by atoms with E-state index in [-0.39, 0.29) is 5.97 Å². The number of hydrogen-bond donors (Lipinski definition) is 0. The number of rotatable bonds is 3. The lowest BCUT2D eigenvalue weighted by Crippen LogP contribution is -2.04. The first-order valence-corrected chi connectivity index (χ1v) is 5.27. The number of benzene rings is 1. The van der Waals surface area contributed by atoms with Crippen LogP contribution in [-0.4, -0.2) is 13.1 Å². The minimum Gasteiger partial charge on any atom is -0.493 e. The predicted molar refractivity (Wildman–Crippen MR) is 67.1 cm³/mol. The highest BCUT2D eigenvalue weighted by Crippen LogP contribution is 2.34. The zero-order chi connectivity index (χ0) is 12.1. The molecule has 0 saturated heterocycles. The third kappa shape index (κ3) is 2.95. The molecule has 1 aromatic carbocycles. The minimum atomic E-state index is -0.389. The number of hydrogen-bond acceptors (Lipinski definition) is 3. The molecule has 0 heterocycles. The van der Waals surface area contributed by atoms with Gasteiger partial charge in [0.25, 0.3) is 0 Å². The maximum atomic E-state index is 10.9. The number of ether oxygens (including phenoxy) is 2. The van der Waals surface area contributed by atoms with Crippen molar-refractivity contribution in [2.24, 2.45) is 0 Å². The Kier molecular flexibility index (Phi) is 3.60. The first-order chi connectivity index (χ1) is 7.58. The molecule has 1 aromatic rings. The van der Waals surface area contributed by atoms with Crippen LogP contribution in [0.3, 0.4) is 0 Å². The monoisotopic (exact) mass is 319 g/mol. The van der Waals surface area contributed by atoms with Gasteiger partial charge < -0.3 is 9.47 Å². The van der Waals surface area contributed by atoms with Crippen LogP contribution in [-0.2, 0) is 4.79 Å². The fraction of sp³-hybridized carbons (Fsp3) is 0.182. The van der Waals surface area contributed by atoms with Crippen LogP contribution in [0.25, 0.3) is 6.08 Å². The molecule has 0 radical (unpaired) electrons. The molecule has 4 heteroatoms. The fourth-order valence-corrected chi connectivity index (χ4v) is 1.81. The summed E-state index contributed by atoms with van der Waals surface area (Å²) in [5, 5.41) is 0. The van der Waals surface area contributed by atoms with Gasteiger partial charge in [-0.1, -0.05) is 12.6 Å². The Balaban J connectivity index is 3.22. The highest BCUT2D eigenvalue weighted by molar-refractivity contribution is 14.1. The summed E-state index contributed by atoms with van der Waals surface area (Å²) in [5.74, 6) is 0.507. The molecule has 0 unspecified atom stereocenters. The summed E-state index contributed by atoms with van der Waals surface area (Å²) < 4.78 is 18.0. The molecule has 0 aromatic heterocycles. The van der Waals surface area contributed by atoms with E-state index >= 15 is 0 Å². The summed E-state index contributed by atoms with van der Waals surface area (Å²) in [4.78, 5) is 10.9. The van der Waals surface area contributed by atoms with E-state index in [2.05, 4.69) is 22.6 Å². The Hall–Kier alpha value is -1.04. The van der Waals surface area contributed by atoms with E-state index in [9.17, 15) is 4.79 Å². The zero-order valence-corrected chi connectivity index (χ0v) is 10.6. The molecular formula is C11H11IO3. The molecule has 0 N–H and O–H groups in total. The molecule has 15 heavy (non-hydrogen) atoms. The normalized spacial score (nSPS) is 11.3. The van der Waals surface area contributed by atoms with Gasteiger partial charge in [0.2, 0.25) is 0 Å². The lowest BCUT2D eigenvalue weighted by Gasteiger charge is -2.10. The van der Waals surface area contributed by atoms with E-state index in [1.54, 1.807) is 12.1 Å². The first kappa shape index (κ1) is 10.5. The van der Waals surface area contributed by atoms with Gasteiger partial charge >= 0.3 is 5.97 Å². The Morgan fingerprint density at radius 1 is 1.67 bits per heavy atom. The Bertz CT molecular complexity index is 429. The molecule has 80 valence electrons. The van der Waals surface area contributed by atoms with Gasteiger partial charge in [0, 0.05) is 6.92 Å². The molecule has 0 aliphatic carbocycles. The van der Waals surface area contributed by atoms with E-state index in [1.165, 1.54) is 20.6 Å². The quantitative estimate of drug-likeness (QED) is 0.488. The fourth-order valence-electron chi connectivity index (χ4n) is 1.08. The van der Waals surface area contributed by atoms with Gasteiger partial charge in [-0.25, -0.2) is 0 Å². The maximum absolute atomic E-state index is 10.9. The van der Waals surface area contributed by atoms with E-state index in [1.807, 2.05) is 6.07 Å². The SMILES string of the molecule is [2H]/C=C/c1cc(I)c(OC(C)=O)c(OC)c1. The van der Waals surface area contributed by atoms with E-state index in [0.29, 0.717) is 11.5 Å². The molecule has 1 rings (SSSR count). The highest BCUT2D eigenvalue weighted by atomic mass is 127. The number of carbonyl (C=O) groups excluding carboxylic acids is 1. The number of methoxy groups -OCH3 is 1.